The van der Waals surface area contributed by atoms with Gasteiger partial charge in [0.15, 0.2) is 0 Å². The normalized spacial score (nSPS) is 10.9. The van der Waals surface area contributed by atoms with Crippen molar-refractivity contribution in [3.8, 4) is 0 Å². The number of hydrogen-bond donors (Lipinski definition) is 0. The zero-order valence-corrected chi connectivity index (χ0v) is 9.10. The fourth-order valence-corrected chi connectivity index (χ4v) is 1.74. The predicted molar refractivity (Wildman–Crippen MR) is 53.6 cm³/mol. The molecule has 0 saturated carbocycles. The number of carbonyl (C=O) groups excluding carboxylic acids is 1. The van der Waals surface area contributed by atoms with Gasteiger partial charge in [0.05, 0.1) is 0 Å². The fraction of sp³-hybridized carbons (Fsp3) is 0.400. The minimum Gasteiger partial charge on any atom is -0.550 e. The Labute approximate surface area is 92.0 Å². The molecule has 6 heteroatoms. The fourth-order valence-electron chi connectivity index (χ4n) is 1.74. The third kappa shape index (κ3) is 1.73. The summed E-state index contributed by atoms with van der Waals surface area (Å²) in [5, 5.41) is 14.5. The second-order valence-electron chi connectivity index (χ2n) is 3.61. The van der Waals surface area contributed by atoms with Crippen LogP contribution in [-0.4, -0.2) is 25.6 Å². The second kappa shape index (κ2) is 3.88. The third-order valence-electron chi connectivity index (χ3n) is 2.57. The molecule has 2 aromatic heterocycles. The summed E-state index contributed by atoms with van der Waals surface area (Å²) in [5.41, 5.74) is 2.56. The Morgan fingerprint density at radius 2 is 2.25 bits per heavy atom. The lowest BCUT2D eigenvalue weighted by Gasteiger charge is -2.10. The molecule has 2 aromatic rings. The SMILES string of the molecule is Cc1nc2ncnn2c(C)c1CCC(=O)[O-]. The van der Waals surface area contributed by atoms with E-state index in [1.807, 2.05) is 13.8 Å². The first-order valence-corrected chi connectivity index (χ1v) is 4.95. The van der Waals surface area contributed by atoms with Crippen LogP contribution in [0.25, 0.3) is 5.78 Å². The summed E-state index contributed by atoms with van der Waals surface area (Å²) in [5.74, 6) is -0.523. The van der Waals surface area contributed by atoms with E-state index in [1.54, 1.807) is 4.52 Å². The molecule has 0 aromatic carbocycles. The van der Waals surface area contributed by atoms with Crippen LogP contribution in [0.5, 0.6) is 0 Å². The Kier molecular flexibility index (Phi) is 2.55. The number of nitrogens with zero attached hydrogens (tertiary/aromatic N) is 4. The van der Waals surface area contributed by atoms with Crippen LogP contribution in [0, 0.1) is 13.8 Å². The van der Waals surface area contributed by atoms with Crippen LogP contribution in [0.1, 0.15) is 23.4 Å². The number of fused-ring (bicyclic) bond motifs is 1. The summed E-state index contributed by atoms with van der Waals surface area (Å²) in [7, 11) is 0. The number of aryl methyl sites for hydroxylation is 2. The van der Waals surface area contributed by atoms with Crippen LogP contribution >= 0.6 is 0 Å². The molecule has 0 saturated heterocycles. The van der Waals surface area contributed by atoms with Gasteiger partial charge in [-0.1, -0.05) is 0 Å². The Morgan fingerprint density at radius 1 is 1.50 bits per heavy atom. The van der Waals surface area contributed by atoms with E-state index in [1.165, 1.54) is 6.33 Å². The number of aromatic nitrogens is 4. The molecule has 84 valence electrons. The van der Waals surface area contributed by atoms with Crippen LogP contribution in [0.4, 0.5) is 0 Å². The van der Waals surface area contributed by atoms with Crippen LogP contribution in [0.15, 0.2) is 6.33 Å². The lowest BCUT2D eigenvalue weighted by Crippen LogP contribution is -2.23. The topological polar surface area (TPSA) is 83.2 Å². The highest BCUT2D eigenvalue weighted by atomic mass is 16.4. The van der Waals surface area contributed by atoms with E-state index < -0.39 is 5.97 Å². The molecule has 2 rings (SSSR count). The van der Waals surface area contributed by atoms with E-state index >= 15 is 0 Å². The van der Waals surface area contributed by atoms with Crippen molar-refractivity contribution in [2.45, 2.75) is 26.7 Å². The molecule has 2 heterocycles. The molecular formula is C10H11N4O2-. The average Bonchev–Trinajstić information content (AvgIpc) is 2.64. The van der Waals surface area contributed by atoms with E-state index in [-0.39, 0.29) is 6.42 Å². The highest BCUT2D eigenvalue weighted by molar-refractivity contribution is 5.64. The summed E-state index contributed by atoms with van der Waals surface area (Å²) >= 11 is 0. The van der Waals surface area contributed by atoms with Crippen LogP contribution < -0.4 is 5.11 Å². The van der Waals surface area contributed by atoms with Crippen LogP contribution in [-0.2, 0) is 11.2 Å². The maximum Gasteiger partial charge on any atom is 0.252 e. The summed E-state index contributed by atoms with van der Waals surface area (Å²) in [6.07, 6.45) is 1.82. The van der Waals surface area contributed by atoms with Crippen LogP contribution in [0.3, 0.4) is 0 Å². The van der Waals surface area contributed by atoms with Gasteiger partial charge in [-0.2, -0.15) is 10.1 Å². The smallest absolute Gasteiger partial charge is 0.252 e. The van der Waals surface area contributed by atoms with Gasteiger partial charge >= 0.3 is 0 Å². The molecule has 0 aliphatic rings. The Balaban J connectivity index is 2.46. The molecule has 0 amide bonds. The summed E-state index contributed by atoms with van der Waals surface area (Å²) < 4.78 is 1.61. The molecule has 0 fully saturated rings. The molecule has 0 unspecified atom stereocenters. The monoisotopic (exact) mass is 219 g/mol. The molecule has 6 nitrogen and oxygen atoms in total. The maximum atomic E-state index is 10.4. The van der Waals surface area contributed by atoms with Gasteiger partial charge in [-0.15, -0.1) is 0 Å². The first-order valence-electron chi connectivity index (χ1n) is 4.95. The van der Waals surface area contributed by atoms with Gasteiger partial charge in [0.25, 0.3) is 5.78 Å². The number of aliphatic carboxylic acids is 1. The molecular weight excluding hydrogens is 208 g/mol. The molecule has 0 spiro atoms. The summed E-state index contributed by atoms with van der Waals surface area (Å²) in [6.45, 7) is 3.72. The van der Waals surface area contributed by atoms with E-state index in [9.17, 15) is 9.90 Å². The van der Waals surface area contributed by atoms with Crippen molar-refractivity contribution >= 4 is 11.7 Å². The first-order chi connectivity index (χ1) is 7.59. The maximum absolute atomic E-state index is 10.4. The number of hydrogen-bond acceptors (Lipinski definition) is 5. The number of carbonyl (C=O) groups is 1. The number of carboxylic acids is 1. The minimum absolute atomic E-state index is 0.0104. The van der Waals surface area contributed by atoms with Crippen LogP contribution in [0.2, 0.25) is 0 Å². The highest BCUT2D eigenvalue weighted by Crippen LogP contribution is 2.14. The summed E-state index contributed by atoms with van der Waals surface area (Å²) in [6, 6.07) is 0. The zero-order chi connectivity index (χ0) is 11.7. The van der Waals surface area contributed by atoms with Crippen molar-refractivity contribution < 1.29 is 9.90 Å². The van der Waals surface area contributed by atoms with E-state index in [0.717, 1.165) is 17.0 Å². The average molecular weight is 219 g/mol. The molecule has 0 bridgehead atoms. The first kappa shape index (κ1) is 10.5. The van der Waals surface area contributed by atoms with E-state index in [2.05, 4.69) is 15.1 Å². The van der Waals surface area contributed by atoms with Crippen molar-refractivity contribution in [1.29, 1.82) is 0 Å². The van der Waals surface area contributed by atoms with Crippen molar-refractivity contribution in [3.63, 3.8) is 0 Å². The Hall–Kier alpha value is -1.98. The Morgan fingerprint density at radius 3 is 2.94 bits per heavy atom. The molecule has 0 N–H and O–H groups in total. The molecule has 16 heavy (non-hydrogen) atoms. The quantitative estimate of drug-likeness (QED) is 0.689. The van der Waals surface area contributed by atoms with Gasteiger partial charge in [0.1, 0.15) is 6.33 Å². The number of carboxylic acid groups (broad SMARTS) is 1. The lowest BCUT2D eigenvalue weighted by molar-refractivity contribution is -0.305. The van der Waals surface area contributed by atoms with Gasteiger partial charge in [-0.25, -0.2) is 9.50 Å². The van der Waals surface area contributed by atoms with Gasteiger partial charge in [-0.05, 0) is 32.3 Å². The largest absolute Gasteiger partial charge is 0.550 e. The van der Waals surface area contributed by atoms with Gasteiger partial charge in [0, 0.05) is 17.4 Å². The van der Waals surface area contributed by atoms with Crippen molar-refractivity contribution in [2.75, 3.05) is 0 Å². The molecule has 0 aliphatic heterocycles. The van der Waals surface area contributed by atoms with Crippen molar-refractivity contribution in [1.82, 2.24) is 19.6 Å². The molecule has 0 atom stereocenters. The van der Waals surface area contributed by atoms with Gasteiger partial charge in [-0.3, -0.25) is 0 Å². The summed E-state index contributed by atoms with van der Waals surface area (Å²) in [4.78, 5) is 18.7. The second-order valence-corrected chi connectivity index (χ2v) is 3.61. The van der Waals surface area contributed by atoms with Gasteiger partial charge < -0.3 is 9.90 Å². The van der Waals surface area contributed by atoms with E-state index in [4.69, 9.17) is 0 Å². The molecule has 0 radical (unpaired) electrons. The Bertz CT molecular complexity index is 547. The predicted octanol–water partition coefficient (Wildman–Crippen LogP) is -0.576. The zero-order valence-electron chi connectivity index (χ0n) is 9.10. The lowest BCUT2D eigenvalue weighted by atomic mass is 10.1. The van der Waals surface area contributed by atoms with Crippen molar-refractivity contribution in [2.24, 2.45) is 0 Å². The minimum atomic E-state index is -1.06. The highest BCUT2D eigenvalue weighted by Gasteiger charge is 2.10. The molecule has 0 aliphatic carbocycles. The third-order valence-corrected chi connectivity index (χ3v) is 2.57. The van der Waals surface area contributed by atoms with Crippen molar-refractivity contribution in [3.05, 3.63) is 23.3 Å². The van der Waals surface area contributed by atoms with E-state index in [0.29, 0.717) is 12.2 Å². The standard InChI is InChI=1S/C10H12N4O2/c1-6-8(3-4-9(15)16)7(2)14-10(13-6)11-5-12-14/h5H,3-4H2,1-2H3,(H,15,16)/p-1. The van der Waals surface area contributed by atoms with Gasteiger partial charge in [0.2, 0.25) is 0 Å². The number of rotatable bonds is 3.